The van der Waals surface area contributed by atoms with Crippen LogP contribution in [0.1, 0.15) is 10.9 Å². The van der Waals surface area contributed by atoms with Gasteiger partial charge < -0.3 is 10.2 Å². The Kier molecular flexibility index (Phi) is 2.60. The minimum Gasteiger partial charge on any atom is -0.440 e. The second kappa shape index (κ2) is 3.89. The predicted molar refractivity (Wildman–Crippen MR) is 55.1 cm³/mol. The summed E-state index contributed by atoms with van der Waals surface area (Å²) in [5, 5.41) is 1.02. The van der Waals surface area contributed by atoms with Crippen molar-refractivity contribution in [2.45, 2.75) is 13.3 Å². The molecule has 0 atom stereocenters. The number of thiazole rings is 1. The Balaban J connectivity index is 2.24. The molecular weight excluding hydrogens is 198 g/mol. The average Bonchev–Trinajstić information content (AvgIpc) is 2.74. The maximum Gasteiger partial charge on any atom is 0.196 e. The van der Waals surface area contributed by atoms with Crippen molar-refractivity contribution in [3.8, 4) is 10.6 Å². The zero-order valence-electron chi connectivity index (χ0n) is 7.86. The topological polar surface area (TPSA) is 64.9 Å². The molecule has 0 fully saturated rings. The molecule has 0 aliphatic rings. The lowest BCUT2D eigenvalue weighted by molar-refractivity contribution is 0.509. The van der Waals surface area contributed by atoms with Crippen LogP contribution in [0.25, 0.3) is 10.6 Å². The Hall–Kier alpha value is -1.20. The van der Waals surface area contributed by atoms with E-state index < -0.39 is 0 Å². The summed E-state index contributed by atoms with van der Waals surface area (Å²) in [6.07, 6.45) is 4.20. The standard InChI is InChI=1S/C9H11N3OS/c1-6-11-5-8(14-6)7-4-12-9(13-7)2-3-10/h4-5H,2-3,10H2,1H3. The Labute approximate surface area is 85.8 Å². The van der Waals surface area contributed by atoms with Gasteiger partial charge in [0.05, 0.1) is 16.1 Å². The van der Waals surface area contributed by atoms with E-state index in [2.05, 4.69) is 9.97 Å². The normalized spacial score (nSPS) is 10.7. The summed E-state index contributed by atoms with van der Waals surface area (Å²) in [6.45, 7) is 2.52. The quantitative estimate of drug-likeness (QED) is 0.834. The van der Waals surface area contributed by atoms with E-state index in [0.29, 0.717) is 18.9 Å². The molecule has 74 valence electrons. The summed E-state index contributed by atoms with van der Waals surface area (Å²) in [6, 6.07) is 0. The smallest absolute Gasteiger partial charge is 0.196 e. The molecule has 2 rings (SSSR count). The summed E-state index contributed by atoms with van der Waals surface area (Å²) in [7, 11) is 0. The minimum atomic E-state index is 0.557. The molecule has 4 nitrogen and oxygen atoms in total. The molecule has 2 N–H and O–H groups in total. The van der Waals surface area contributed by atoms with Gasteiger partial charge in [-0.3, -0.25) is 0 Å². The van der Waals surface area contributed by atoms with Crippen LogP contribution in [0.5, 0.6) is 0 Å². The van der Waals surface area contributed by atoms with Gasteiger partial charge in [-0.2, -0.15) is 0 Å². The highest BCUT2D eigenvalue weighted by atomic mass is 32.1. The minimum absolute atomic E-state index is 0.557. The van der Waals surface area contributed by atoms with Crippen molar-refractivity contribution >= 4 is 11.3 Å². The van der Waals surface area contributed by atoms with Crippen LogP contribution in [0.4, 0.5) is 0 Å². The van der Waals surface area contributed by atoms with Crippen LogP contribution in [-0.4, -0.2) is 16.5 Å². The van der Waals surface area contributed by atoms with Crippen molar-refractivity contribution in [2.75, 3.05) is 6.54 Å². The SMILES string of the molecule is Cc1ncc(-c2cnc(CCN)o2)s1. The number of aryl methyl sites for hydroxylation is 1. The highest BCUT2D eigenvalue weighted by molar-refractivity contribution is 7.14. The molecule has 0 aromatic carbocycles. The molecule has 0 unspecified atom stereocenters. The molecule has 2 aromatic rings. The van der Waals surface area contributed by atoms with Crippen molar-refractivity contribution in [1.82, 2.24) is 9.97 Å². The summed E-state index contributed by atoms with van der Waals surface area (Å²) in [4.78, 5) is 9.29. The first kappa shape index (κ1) is 9.36. The second-order valence-corrected chi connectivity index (χ2v) is 4.14. The molecule has 0 bridgehead atoms. The molecule has 0 saturated carbocycles. The van der Waals surface area contributed by atoms with Gasteiger partial charge in [-0.15, -0.1) is 11.3 Å². The number of hydrogen-bond acceptors (Lipinski definition) is 5. The van der Waals surface area contributed by atoms with Gasteiger partial charge in [-0.05, 0) is 6.92 Å². The van der Waals surface area contributed by atoms with Gasteiger partial charge in [0.1, 0.15) is 0 Å². The summed E-state index contributed by atoms with van der Waals surface area (Å²) in [5.74, 6) is 1.47. The highest BCUT2D eigenvalue weighted by Crippen LogP contribution is 2.26. The van der Waals surface area contributed by atoms with E-state index in [1.807, 2.05) is 6.92 Å². The van der Waals surface area contributed by atoms with Gasteiger partial charge in [-0.1, -0.05) is 0 Å². The van der Waals surface area contributed by atoms with Gasteiger partial charge in [0.2, 0.25) is 0 Å². The lowest BCUT2D eigenvalue weighted by atomic mass is 10.4. The predicted octanol–water partition coefficient (Wildman–Crippen LogP) is 1.61. The first-order valence-corrected chi connectivity index (χ1v) is 5.19. The maximum atomic E-state index is 5.50. The number of rotatable bonds is 3. The maximum absolute atomic E-state index is 5.50. The molecule has 0 aliphatic heterocycles. The Morgan fingerprint density at radius 2 is 2.29 bits per heavy atom. The fourth-order valence-corrected chi connectivity index (χ4v) is 1.86. The first-order valence-electron chi connectivity index (χ1n) is 4.37. The number of hydrogen-bond donors (Lipinski definition) is 1. The molecule has 2 aromatic heterocycles. The monoisotopic (exact) mass is 209 g/mol. The van der Waals surface area contributed by atoms with Crippen LogP contribution in [0.2, 0.25) is 0 Å². The van der Waals surface area contributed by atoms with E-state index >= 15 is 0 Å². The number of oxazole rings is 1. The second-order valence-electron chi connectivity index (χ2n) is 2.90. The van der Waals surface area contributed by atoms with Crippen LogP contribution in [0, 0.1) is 6.92 Å². The lowest BCUT2D eigenvalue weighted by Crippen LogP contribution is -2.02. The van der Waals surface area contributed by atoms with Gasteiger partial charge in [0, 0.05) is 19.2 Å². The van der Waals surface area contributed by atoms with Crippen molar-refractivity contribution in [3.05, 3.63) is 23.3 Å². The fraction of sp³-hybridized carbons (Fsp3) is 0.333. The Bertz CT molecular complexity index is 421. The largest absolute Gasteiger partial charge is 0.440 e. The zero-order valence-corrected chi connectivity index (χ0v) is 8.67. The van der Waals surface area contributed by atoms with Crippen LogP contribution in [-0.2, 0) is 6.42 Å². The third-order valence-corrected chi connectivity index (χ3v) is 2.70. The fourth-order valence-electron chi connectivity index (χ4n) is 1.14. The molecule has 0 amide bonds. The molecule has 0 spiro atoms. The van der Waals surface area contributed by atoms with Crippen LogP contribution in [0.3, 0.4) is 0 Å². The number of nitrogens with zero attached hydrogens (tertiary/aromatic N) is 2. The van der Waals surface area contributed by atoms with E-state index in [1.54, 1.807) is 23.7 Å². The first-order chi connectivity index (χ1) is 6.79. The van der Waals surface area contributed by atoms with E-state index in [4.69, 9.17) is 10.2 Å². The van der Waals surface area contributed by atoms with Crippen molar-refractivity contribution in [2.24, 2.45) is 5.73 Å². The molecule has 0 aliphatic carbocycles. The van der Waals surface area contributed by atoms with Gasteiger partial charge >= 0.3 is 0 Å². The number of nitrogens with two attached hydrogens (primary N) is 1. The van der Waals surface area contributed by atoms with Gasteiger partial charge in [-0.25, -0.2) is 9.97 Å². The van der Waals surface area contributed by atoms with Gasteiger partial charge in [0.15, 0.2) is 11.7 Å². The number of aromatic nitrogens is 2. The molecular formula is C9H11N3OS. The molecule has 0 saturated heterocycles. The van der Waals surface area contributed by atoms with Crippen LogP contribution in [0.15, 0.2) is 16.8 Å². The third kappa shape index (κ3) is 1.83. The summed E-state index contributed by atoms with van der Waals surface area (Å²) < 4.78 is 5.50. The van der Waals surface area contributed by atoms with E-state index in [0.717, 1.165) is 15.6 Å². The molecule has 5 heteroatoms. The van der Waals surface area contributed by atoms with Crippen molar-refractivity contribution in [1.29, 1.82) is 0 Å². The van der Waals surface area contributed by atoms with E-state index in [9.17, 15) is 0 Å². The highest BCUT2D eigenvalue weighted by Gasteiger charge is 2.07. The molecule has 0 radical (unpaired) electrons. The molecule has 2 heterocycles. The van der Waals surface area contributed by atoms with Crippen molar-refractivity contribution in [3.63, 3.8) is 0 Å². The van der Waals surface area contributed by atoms with Crippen molar-refractivity contribution < 1.29 is 4.42 Å². The van der Waals surface area contributed by atoms with Gasteiger partial charge in [0.25, 0.3) is 0 Å². The third-order valence-electron chi connectivity index (χ3n) is 1.78. The van der Waals surface area contributed by atoms with Crippen LogP contribution >= 0.6 is 11.3 Å². The Morgan fingerprint density at radius 1 is 1.43 bits per heavy atom. The van der Waals surface area contributed by atoms with E-state index in [1.165, 1.54) is 0 Å². The summed E-state index contributed by atoms with van der Waals surface area (Å²) in [5.41, 5.74) is 5.40. The summed E-state index contributed by atoms with van der Waals surface area (Å²) >= 11 is 1.60. The lowest BCUT2D eigenvalue weighted by Gasteiger charge is -1.89. The molecule has 14 heavy (non-hydrogen) atoms. The Morgan fingerprint density at radius 3 is 2.93 bits per heavy atom. The average molecular weight is 209 g/mol. The van der Waals surface area contributed by atoms with E-state index in [-0.39, 0.29) is 0 Å². The van der Waals surface area contributed by atoms with Crippen LogP contribution < -0.4 is 5.73 Å². The zero-order chi connectivity index (χ0) is 9.97.